The van der Waals surface area contributed by atoms with Crippen LogP contribution in [-0.4, -0.2) is 73.7 Å². The number of nitrogens with zero attached hydrogens (tertiary/aromatic N) is 7. The number of likely N-dealkylation sites (N-methyl/N-ethyl adjacent to an activating group) is 1. The van der Waals surface area contributed by atoms with Gasteiger partial charge >= 0.3 is 0 Å². The second-order valence-corrected chi connectivity index (χ2v) is 9.12. The number of hydrogen-bond acceptors (Lipinski definition) is 8. The van der Waals surface area contributed by atoms with E-state index in [-0.39, 0.29) is 17.6 Å². The molecule has 4 heterocycles. The summed E-state index contributed by atoms with van der Waals surface area (Å²) in [5.41, 5.74) is 6.08. The van der Waals surface area contributed by atoms with E-state index in [1.54, 1.807) is 10.7 Å². The summed E-state index contributed by atoms with van der Waals surface area (Å²) < 4.78 is 7.38. The van der Waals surface area contributed by atoms with Crippen LogP contribution < -0.4 is 5.32 Å². The number of rotatable bonds is 6. The molecule has 0 radical (unpaired) electrons. The lowest BCUT2D eigenvalue weighted by molar-refractivity contribution is 0.00506. The van der Waals surface area contributed by atoms with Crippen molar-refractivity contribution in [2.24, 2.45) is 0 Å². The van der Waals surface area contributed by atoms with E-state index in [0.717, 1.165) is 41.4 Å². The number of benzene rings is 1. The monoisotopic (exact) mass is 486 g/mol. The minimum atomic E-state index is -0.259. The summed E-state index contributed by atoms with van der Waals surface area (Å²) in [6.07, 6.45) is 3.78. The van der Waals surface area contributed by atoms with Gasteiger partial charge < -0.3 is 10.1 Å². The maximum absolute atomic E-state index is 12.6. The highest BCUT2D eigenvalue weighted by Gasteiger charge is 2.21. The van der Waals surface area contributed by atoms with Crippen LogP contribution in [0.3, 0.4) is 0 Å². The van der Waals surface area contributed by atoms with Crippen LogP contribution in [0, 0.1) is 20.8 Å². The number of carbonyl (C=O) groups is 1. The van der Waals surface area contributed by atoms with Crippen molar-refractivity contribution >= 4 is 11.7 Å². The number of carbonyl (C=O) groups excluding carboxylic acids is 1. The largest absolute Gasteiger partial charge is 0.378 e. The molecule has 1 atom stereocenters. The predicted octanol–water partition coefficient (Wildman–Crippen LogP) is 2.48. The highest BCUT2D eigenvalue weighted by atomic mass is 16.5. The second kappa shape index (κ2) is 10.1. The average Bonchev–Trinajstić information content (AvgIpc) is 3.26. The molecule has 1 aliphatic rings. The Hall–Kier alpha value is -3.76. The first-order valence-electron chi connectivity index (χ1n) is 12.1. The lowest BCUT2D eigenvalue weighted by Crippen LogP contribution is -2.36. The highest BCUT2D eigenvalue weighted by molar-refractivity contribution is 5.92. The zero-order chi connectivity index (χ0) is 25.2. The van der Waals surface area contributed by atoms with Crippen LogP contribution in [-0.2, 0) is 11.2 Å². The minimum Gasteiger partial charge on any atom is -0.378 e. The maximum Gasteiger partial charge on any atom is 0.271 e. The van der Waals surface area contributed by atoms with Crippen LogP contribution in [0.5, 0.6) is 0 Å². The van der Waals surface area contributed by atoms with E-state index in [0.29, 0.717) is 31.2 Å². The molecule has 0 bridgehead atoms. The number of hydrogen-bond donors (Lipinski definition) is 1. The molecule has 3 aromatic heterocycles. The van der Waals surface area contributed by atoms with E-state index in [2.05, 4.69) is 54.4 Å². The predicted molar refractivity (Wildman–Crippen MR) is 135 cm³/mol. The number of morpholine rings is 1. The normalized spacial score (nSPS) is 16.4. The van der Waals surface area contributed by atoms with Crippen molar-refractivity contribution in [3.8, 4) is 11.3 Å². The molecule has 10 heteroatoms. The Labute approximate surface area is 209 Å². The molecule has 5 rings (SSSR count). The first-order chi connectivity index (χ1) is 17.4. The standard InChI is InChI=1S/C26H30N8O2/c1-16-21(17(2)34-26(30-16)31-18(3)32-34)9-10-27-25(35)23-14-28-22(13-29-23)19-5-7-20(8-6-19)24-15-36-12-11-33(24)4/h5-8,13-14,24H,9-12,15H2,1-4H3,(H,27,35)/t24-/m1/s1. The number of aromatic nitrogens is 6. The minimum absolute atomic E-state index is 0.259. The van der Waals surface area contributed by atoms with Crippen LogP contribution in [0.4, 0.5) is 0 Å². The first-order valence-corrected chi connectivity index (χ1v) is 12.1. The van der Waals surface area contributed by atoms with Gasteiger partial charge in [-0.25, -0.2) is 14.5 Å². The Bertz CT molecular complexity index is 1380. The molecule has 1 aromatic carbocycles. The SMILES string of the molecule is Cc1nc2nc(C)c(CCNC(=O)c3cnc(-c4ccc([C@H]5COCCN5C)cc4)cn3)c(C)n2n1. The Morgan fingerprint density at radius 1 is 1.11 bits per heavy atom. The fraction of sp³-hybridized carbons (Fsp3) is 0.385. The van der Waals surface area contributed by atoms with Crippen molar-refractivity contribution in [3.63, 3.8) is 0 Å². The highest BCUT2D eigenvalue weighted by Crippen LogP contribution is 2.25. The van der Waals surface area contributed by atoms with Crippen molar-refractivity contribution < 1.29 is 9.53 Å². The summed E-state index contributed by atoms with van der Waals surface area (Å²) in [4.78, 5) is 32.6. The van der Waals surface area contributed by atoms with E-state index < -0.39 is 0 Å². The summed E-state index contributed by atoms with van der Waals surface area (Å²) >= 11 is 0. The van der Waals surface area contributed by atoms with Gasteiger partial charge in [0, 0.05) is 30.0 Å². The van der Waals surface area contributed by atoms with Gasteiger partial charge in [0.1, 0.15) is 11.5 Å². The summed E-state index contributed by atoms with van der Waals surface area (Å²) in [7, 11) is 2.12. The zero-order valence-electron chi connectivity index (χ0n) is 21.0. The van der Waals surface area contributed by atoms with Crippen LogP contribution >= 0.6 is 0 Å². The third-order valence-electron chi connectivity index (χ3n) is 6.69. The third kappa shape index (κ3) is 4.82. The van der Waals surface area contributed by atoms with Crippen LogP contribution in [0.2, 0.25) is 0 Å². The van der Waals surface area contributed by atoms with E-state index in [9.17, 15) is 4.79 Å². The van der Waals surface area contributed by atoms with Gasteiger partial charge in [0.05, 0.1) is 37.3 Å². The van der Waals surface area contributed by atoms with Crippen LogP contribution in [0.1, 0.15) is 44.9 Å². The number of nitrogens with one attached hydrogen (secondary N) is 1. The fourth-order valence-corrected chi connectivity index (χ4v) is 4.57. The lowest BCUT2D eigenvalue weighted by Gasteiger charge is -2.32. The molecule has 0 spiro atoms. The molecule has 0 saturated carbocycles. The molecule has 4 aromatic rings. The first kappa shape index (κ1) is 24.0. The van der Waals surface area contributed by atoms with Crippen LogP contribution in [0.15, 0.2) is 36.7 Å². The molecular formula is C26H30N8O2. The van der Waals surface area contributed by atoms with Crippen molar-refractivity contribution in [2.45, 2.75) is 33.2 Å². The van der Waals surface area contributed by atoms with E-state index in [4.69, 9.17) is 4.74 Å². The Morgan fingerprint density at radius 3 is 2.64 bits per heavy atom. The fourth-order valence-electron chi connectivity index (χ4n) is 4.57. The van der Waals surface area contributed by atoms with Crippen molar-refractivity contribution in [2.75, 3.05) is 33.4 Å². The summed E-state index contributed by atoms with van der Waals surface area (Å²) in [6, 6.07) is 8.53. The quantitative estimate of drug-likeness (QED) is 0.443. The van der Waals surface area contributed by atoms with Gasteiger partial charge in [0.2, 0.25) is 0 Å². The van der Waals surface area contributed by atoms with E-state index in [1.165, 1.54) is 11.8 Å². The Morgan fingerprint density at radius 2 is 1.92 bits per heavy atom. The molecular weight excluding hydrogens is 456 g/mol. The number of aryl methyl sites for hydroxylation is 3. The molecule has 1 fully saturated rings. The molecule has 1 aliphatic heterocycles. The molecule has 10 nitrogen and oxygen atoms in total. The topological polar surface area (TPSA) is 110 Å². The van der Waals surface area contributed by atoms with Crippen molar-refractivity contribution in [1.29, 1.82) is 0 Å². The number of ether oxygens (including phenoxy) is 1. The van der Waals surface area contributed by atoms with Crippen molar-refractivity contribution in [3.05, 3.63) is 70.7 Å². The second-order valence-electron chi connectivity index (χ2n) is 9.12. The maximum atomic E-state index is 12.6. The van der Waals surface area contributed by atoms with Gasteiger partial charge in [-0.3, -0.25) is 14.7 Å². The number of amides is 1. The Balaban J connectivity index is 1.20. The molecule has 1 saturated heterocycles. The van der Waals surface area contributed by atoms with Gasteiger partial charge in [-0.15, -0.1) is 0 Å². The summed E-state index contributed by atoms with van der Waals surface area (Å²) in [5, 5.41) is 7.33. The summed E-state index contributed by atoms with van der Waals surface area (Å²) in [5.74, 6) is 1.01. The van der Waals surface area contributed by atoms with Crippen molar-refractivity contribution in [1.82, 2.24) is 39.8 Å². The zero-order valence-corrected chi connectivity index (χ0v) is 21.0. The number of fused-ring (bicyclic) bond motifs is 1. The Kier molecular flexibility index (Phi) is 6.71. The summed E-state index contributed by atoms with van der Waals surface area (Å²) in [6.45, 7) is 8.63. The van der Waals surface area contributed by atoms with Gasteiger partial charge in [-0.2, -0.15) is 10.1 Å². The molecule has 1 amide bonds. The third-order valence-corrected chi connectivity index (χ3v) is 6.69. The van der Waals surface area contributed by atoms with Gasteiger partial charge in [-0.1, -0.05) is 24.3 Å². The van der Waals surface area contributed by atoms with E-state index >= 15 is 0 Å². The molecule has 186 valence electrons. The van der Waals surface area contributed by atoms with E-state index in [1.807, 2.05) is 32.9 Å². The van der Waals surface area contributed by atoms with Gasteiger partial charge in [0.25, 0.3) is 11.7 Å². The van der Waals surface area contributed by atoms with Gasteiger partial charge in [0.15, 0.2) is 0 Å². The molecule has 0 aliphatic carbocycles. The average molecular weight is 487 g/mol. The molecule has 36 heavy (non-hydrogen) atoms. The molecule has 0 unspecified atom stereocenters. The smallest absolute Gasteiger partial charge is 0.271 e. The molecule has 1 N–H and O–H groups in total. The van der Waals surface area contributed by atoms with Crippen LogP contribution in [0.25, 0.3) is 17.0 Å². The lowest BCUT2D eigenvalue weighted by atomic mass is 10.0. The van der Waals surface area contributed by atoms with Gasteiger partial charge in [-0.05, 0) is 45.4 Å².